The van der Waals surface area contributed by atoms with E-state index in [1.165, 1.54) is 32.1 Å². The van der Waals surface area contributed by atoms with Crippen molar-refractivity contribution in [1.82, 2.24) is 0 Å². The van der Waals surface area contributed by atoms with Crippen LogP contribution in [0, 0.1) is 11.8 Å². The molecule has 2 heteroatoms. The van der Waals surface area contributed by atoms with Gasteiger partial charge in [-0.25, -0.2) is 0 Å². The van der Waals surface area contributed by atoms with Crippen molar-refractivity contribution in [3.63, 3.8) is 0 Å². The lowest BCUT2D eigenvalue weighted by atomic mass is 9.82. The van der Waals surface area contributed by atoms with Crippen LogP contribution in [0.5, 0.6) is 0 Å². The van der Waals surface area contributed by atoms with Gasteiger partial charge >= 0.3 is 0 Å². The van der Waals surface area contributed by atoms with Crippen LogP contribution in [0.1, 0.15) is 57.8 Å². The summed E-state index contributed by atoms with van der Waals surface area (Å²) in [6.45, 7) is 0. The van der Waals surface area contributed by atoms with Gasteiger partial charge in [0.1, 0.15) is 5.78 Å². The molecule has 2 N–H and O–H groups in total. The van der Waals surface area contributed by atoms with E-state index in [1.807, 2.05) is 0 Å². The van der Waals surface area contributed by atoms with Gasteiger partial charge in [-0.2, -0.15) is 0 Å². The van der Waals surface area contributed by atoms with Crippen molar-refractivity contribution >= 4 is 5.78 Å². The molecule has 0 spiro atoms. The van der Waals surface area contributed by atoms with Crippen LogP contribution in [0.25, 0.3) is 0 Å². The highest BCUT2D eigenvalue weighted by atomic mass is 16.1. The smallest absolute Gasteiger partial charge is 0.136 e. The topological polar surface area (TPSA) is 43.1 Å². The van der Waals surface area contributed by atoms with Crippen LogP contribution in [0.2, 0.25) is 0 Å². The number of carbonyl (C=O) groups is 1. The van der Waals surface area contributed by atoms with Crippen molar-refractivity contribution in [2.24, 2.45) is 17.6 Å². The average Bonchev–Trinajstić information content (AvgIpc) is 2.66. The molecule has 2 saturated carbocycles. The molecule has 0 heterocycles. The molecule has 2 atom stereocenters. The Morgan fingerprint density at radius 2 is 1.73 bits per heavy atom. The third-order valence-corrected chi connectivity index (χ3v) is 4.24. The van der Waals surface area contributed by atoms with E-state index in [4.69, 9.17) is 5.73 Å². The largest absolute Gasteiger partial charge is 0.327 e. The summed E-state index contributed by atoms with van der Waals surface area (Å²) in [5, 5.41) is 0. The summed E-state index contributed by atoms with van der Waals surface area (Å²) in [5.74, 6) is 1.39. The predicted octanol–water partition coefficient (Wildman–Crippen LogP) is 2.65. The van der Waals surface area contributed by atoms with Gasteiger partial charge in [0, 0.05) is 18.4 Å². The van der Waals surface area contributed by atoms with Gasteiger partial charge in [-0.1, -0.05) is 25.7 Å². The van der Waals surface area contributed by atoms with Crippen LogP contribution in [-0.2, 0) is 4.79 Å². The van der Waals surface area contributed by atoms with Gasteiger partial charge in [0.2, 0.25) is 0 Å². The molecule has 0 amide bonds. The molecule has 0 aromatic rings. The van der Waals surface area contributed by atoms with E-state index in [9.17, 15) is 4.79 Å². The fraction of sp³-hybridized carbons (Fsp3) is 0.923. The van der Waals surface area contributed by atoms with E-state index < -0.39 is 0 Å². The van der Waals surface area contributed by atoms with E-state index in [1.54, 1.807) is 0 Å². The maximum Gasteiger partial charge on any atom is 0.136 e. The molecular formula is C13H23NO. The van der Waals surface area contributed by atoms with Crippen LogP contribution in [0.3, 0.4) is 0 Å². The second kappa shape index (κ2) is 5.11. The number of carbonyl (C=O) groups excluding carboxylic acids is 1. The first-order valence-electron chi connectivity index (χ1n) is 6.55. The minimum atomic E-state index is 0.303. The first-order valence-corrected chi connectivity index (χ1v) is 6.55. The molecule has 2 aliphatic rings. The monoisotopic (exact) mass is 209 g/mol. The SMILES string of the molecule is N[C@@H]1CCC[C@H]1CC(=O)C1CCCCC1. The Labute approximate surface area is 92.6 Å². The van der Waals surface area contributed by atoms with Crippen LogP contribution in [-0.4, -0.2) is 11.8 Å². The maximum atomic E-state index is 12.0. The molecule has 0 unspecified atom stereocenters. The lowest BCUT2D eigenvalue weighted by molar-refractivity contribution is -0.124. The zero-order valence-corrected chi connectivity index (χ0v) is 9.58. The lowest BCUT2D eigenvalue weighted by Gasteiger charge is -2.23. The Morgan fingerprint density at radius 3 is 2.33 bits per heavy atom. The second-order valence-corrected chi connectivity index (χ2v) is 5.36. The van der Waals surface area contributed by atoms with Crippen LogP contribution in [0.15, 0.2) is 0 Å². The van der Waals surface area contributed by atoms with Crippen molar-refractivity contribution in [2.75, 3.05) is 0 Å². The van der Waals surface area contributed by atoms with Crippen LogP contribution >= 0.6 is 0 Å². The van der Waals surface area contributed by atoms with Gasteiger partial charge in [-0.3, -0.25) is 4.79 Å². The molecule has 0 saturated heterocycles. The van der Waals surface area contributed by atoms with Gasteiger partial charge in [-0.05, 0) is 31.6 Å². The Morgan fingerprint density at radius 1 is 1.00 bits per heavy atom. The maximum absolute atomic E-state index is 12.0. The summed E-state index contributed by atoms with van der Waals surface area (Å²) in [6.07, 6.45) is 10.4. The van der Waals surface area contributed by atoms with Crippen LogP contribution in [0.4, 0.5) is 0 Å². The number of hydrogen-bond acceptors (Lipinski definition) is 2. The molecular weight excluding hydrogens is 186 g/mol. The summed E-state index contributed by atoms with van der Waals surface area (Å²) >= 11 is 0. The molecule has 86 valence electrons. The molecule has 0 radical (unpaired) electrons. The molecule has 2 fully saturated rings. The number of hydrogen-bond donors (Lipinski definition) is 1. The summed E-state index contributed by atoms with van der Waals surface area (Å²) in [6, 6.07) is 0.303. The third-order valence-electron chi connectivity index (χ3n) is 4.24. The highest BCUT2D eigenvalue weighted by Crippen LogP contribution is 2.31. The van der Waals surface area contributed by atoms with Crippen LogP contribution < -0.4 is 5.73 Å². The molecule has 15 heavy (non-hydrogen) atoms. The number of Topliss-reactive ketones (excluding diaryl/α,β-unsaturated/α-hetero) is 1. The summed E-state index contributed by atoms with van der Waals surface area (Å²) in [4.78, 5) is 12.0. The minimum absolute atomic E-state index is 0.303. The molecule has 0 aromatic heterocycles. The number of nitrogens with two attached hydrogens (primary N) is 1. The van der Waals surface area contributed by atoms with Gasteiger partial charge in [0.15, 0.2) is 0 Å². The highest BCUT2D eigenvalue weighted by molar-refractivity contribution is 5.81. The standard InChI is InChI=1S/C13H23NO/c14-12-8-4-7-11(12)9-13(15)10-5-2-1-3-6-10/h10-12H,1-9,14H2/t11-,12+/m0/s1. The zero-order valence-electron chi connectivity index (χ0n) is 9.58. The fourth-order valence-electron chi connectivity index (χ4n) is 3.17. The summed E-state index contributed by atoms with van der Waals surface area (Å²) in [5.41, 5.74) is 6.00. The Bertz CT molecular complexity index is 221. The Balaban J connectivity index is 1.80. The predicted molar refractivity (Wildman–Crippen MR) is 61.5 cm³/mol. The Kier molecular flexibility index (Phi) is 3.79. The van der Waals surface area contributed by atoms with Gasteiger partial charge in [0.05, 0.1) is 0 Å². The second-order valence-electron chi connectivity index (χ2n) is 5.36. The first-order chi connectivity index (χ1) is 7.27. The van der Waals surface area contributed by atoms with Gasteiger partial charge in [-0.15, -0.1) is 0 Å². The highest BCUT2D eigenvalue weighted by Gasteiger charge is 2.29. The third kappa shape index (κ3) is 2.81. The molecule has 2 rings (SSSR count). The van der Waals surface area contributed by atoms with Gasteiger partial charge in [0.25, 0.3) is 0 Å². The molecule has 0 aliphatic heterocycles. The zero-order chi connectivity index (χ0) is 10.7. The van der Waals surface area contributed by atoms with E-state index in [0.29, 0.717) is 23.7 Å². The minimum Gasteiger partial charge on any atom is -0.327 e. The lowest BCUT2D eigenvalue weighted by Crippen LogP contribution is -2.29. The molecule has 0 aromatic carbocycles. The van der Waals surface area contributed by atoms with Gasteiger partial charge < -0.3 is 5.73 Å². The average molecular weight is 209 g/mol. The normalized spacial score (nSPS) is 33.1. The Hall–Kier alpha value is -0.370. The van der Waals surface area contributed by atoms with Crippen molar-refractivity contribution in [1.29, 1.82) is 0 Å². The molecule has 2 nitrogen and oxygen atoms in total. The number of rotatable bonds is 3. The molecule has 0 bridgehead atoms. The van der Waals surface area contributed by atoms with Crippen molar-refractivity contribution in [3.05, 3.63) is 0 Å². The van der Waals surface area contributed by atoms with Crippen molar-refractivity contribution in [3.8, 4) is 0 Å². The quantitative estimate of drug-likeness (QED) is 0.776. The van der Waals surface area contributed by atoms with E-state index in [0.717, 1.165) is 25.7 Å². The van der Waals surface area contributed by atoms with E-state index in [-0.39, 0.29) is 0 Å². The fourth-order valence-corrected chi connectivity index (χ4v) is 3.17. The molecule has 2 aliphatic carbocycles. The van der Waals surface area contributed by atoms with E-state index in [2.05, 4.69) is 0 Å². The number of ketones is 1. The first kappa shape index (κ1) is 11.1. The van der Waals surface area contributed by atoms with Crippen molar-refractivity contribution < 1.29 is 4.79 Å². The summed E-state index contributed by atoms with van der Waals surface area (Å²) < 4.78 is 0. The van der Waals surface area contributed by atoms with E-state index >= 15 is 0 Å². The summed E-state index contributed by atoms with van der Waals surface area (Å²) in [7, 11) is 0. The van der Waals surface area contributed by atoms with Crippen molar-refractivity contribution in [2.45, 2.75) is 63.8 Å².